The lowest BCUT2D eigenvalue weighted by molar-refractivity contribution is -0.384. The van der Waals surface area contributed by atoms with E-state index in [9.17, 15) is 49.4 Å². The first-order valence-electron chi connectivity index (χ1n) is 30.6. The first-order valence-corrected chi connectivity index (χ1v) is 30.6. The number of hydrogen-bond acceptors (Lipinski definition) is 14. The van der Waals surface area contributed by atoms with E-state index in [4.69, 9.17) is 18.9 Å². The zero-order chi connectivity index (χ0) is 57.0. The molecule has 0 aliphatic carbocycles. The number of carbonyl (C=O) groups excluding carboxylic acids is 5. The Balaban J connectivity index is 2.13. The summed E-state index contributed by atoms with van der Waals surface area (Å²) in [4.78, 5) is 77.3. The molecule has 18 nitrogen and oxygen atoms in total. The third-order valence-corrected chi connectivity index (χ3v) is 14.5. The second kappa shape index (κ2) is 45.5. The monoisotopic (exact) mass is 1100 g/mol. The Labute approximate surface area is 467 Å². The average Bonchev–Trinajstić information content (AvgIpc) is 3.43. The van der Waals surface area contributed by atoms with E-state index in [2.05, 4.69) is 36.7 Å². The van der Waals surface area contributed by atoms with Crippen LogP contribution in [-0.2, 0) is 38.2 Å². The molecule has 1 unspecified atom stereocenters. The number of nitrogens with zero attached hydrogens (tertiary/aromatic N) is 1. The van der Waals surface area contributed by atoms with E-state index in [1.807, 2.05) is 0 Å². The quantitative estimate of drug-likeness (QED) is 0.0117. The summed E-state index contributed by atoms with van der Waals surface area (Å²) >= 11 is 0. The highest BCUT2D eigenvalue weighted by Crippen LogP contribution is 2.24. The molecule has 1 fully saturated rings. The summed E-state index contributed by atoms with van der Waals surface area (Å²) in [5.74, 6) is -2.80. The van der Waals surface area contributed by atoms with Crippen molar-refractivity contribution >= 4 is 35.3 Å². The van der Waals surface area contributed by atoms with Gasteiger partial charge in [0.15, 0.2) is 6.29 Å². The molecular weight excluding hydrogens is 1000 g/mol. The Kier molecular flexibility index (Phi) is 40.8. The van der Waals surface area contributed by atoms with Gasteiger partial charge in [0, 0.05) is 31.5 Å². The molecule has 3 amide bonds. The number of aliphatic hydroxyl groups excluding tert-OH is 3. The Morgan fingerprint density at radius 3 is 1.58 bits per heavy atom. The van der Waals surface area contributed by atoms with Crippen molar-refractivity contribution in [1.29, 1.82) is 0 Å². The number of non-ortho nitro benzene ring substituents is 1. The molecule has 0 bridgehead atoms. The van der Waals surface area contributed by atoms with Crippen molar-refractivity contribution in [1.82, 2.24) is 16.0 Å². The van der Waals surface area contributed by atoms with Gasteiger partial charge in [0.2, 0.25) is 17.7 Å². The highest BCUT2D eigenvalue weighted by molar-refractivity contribution is 5.88. The van der Waals surface area contributed by atoms with Crippen LogP contribution in [0, 0.1) is 10.1 Å². The summed E-state index contributed by atoms with van der Waals surface area (Å²) in [5, 5.41) is 51.5. The molecule has 0 radical (unpaired) electrons. The van der Waals surface area contributed by atoms with Crippen LogP contribution in [0.2, 0.25) is 0 Å². The van der Waals surface area contributed by atoms with Crippen LogP contribution in [0.15, 0.2) is 24.3 Å². The summed E-state index contributed by atoms with van der Waals surface area (Å²) in [6.07, 6.45) is 27.8. The molecule has 448 valence electrons. The SMILES string of the molecule is CCCCCCCCCCCCCC(=O)N[C@@H](CO[C@@H]1O[C@H](CO)[C@@H](O)[C@H](O)[C@H]1NC(=O)CC(CCCCCCCCCCC)OC(=O)CCCCCCCCCCCCC)C(=O)NCCC(=O)Oc1ccc([N+](=O)[O-])cc1. The van der Waals surface area contributed by atoms with Gasteiger partial charge in [-0.15, -0.1) is 0 Å². The molecule has 0 saturated carbocycles. The van der Waals surface area contributed by atoms with E-state index in [1.165, 1.54) is 140 Å². The van der Waals surface area contributed by atoms with Gasteiger partial charge in [-0.25, -0.2) is 0 Å². The number of rotatable bonds is 49. The van der Waals surface area contributed by atoms with Gasteiger partial charge >= 0.3 is 11.9 Å². The number of aliphatic hydroxyl groups is 3. The van der Waals surface area contributed by atoms with Crippen molar-refractivity contribution in [3.05, 3.63) is 34.4 Å². The Morgan fingerprint density at radius 1 is 0.615 bits per heavy atom. The molecule has 7 atom stereocenters. The highest BCUT2D eigenvalue weighted by atomic mass is 16.7. The number of amides is 3. The molecule has 1 saturated heterocycles. The van der Waals surface area contributed by atoms with E-state index < -0.39 is 84.6 Å². The number of esters is 2. The maximum absolute atomic E-state index is 13.9. The van der Waals surface area contributed by atoms with Crippen molar-refractivity contribution in [2.45, 2.75) is 295 Å². The van der Waals surface area contributed by atoms with Crippen molar-refractivity contribution in [2.24, 2.45) is 0 Å². The molecule has 1 aromatic carbocycles. The van der Waals surface area contributed by atoms with Gasteiger partial charge in [0.1, 0.15) is 42.2 Å². The lowest BCUT2D eigenvalue weighted by atomic mass is 9.96. The Bertz CT molecular complexity index is 1750. The van der Waals surface area contributed by atoms with Crippen molar-refractivity contribution in [3.8, 4) is 5.75 Å². The highest BCUT2D eigenvalue weighted by Gasteiger charge is 2.46. The fourth-order valence-electron chi connectivity index (χ4n) is 9.71. The lowest BCUT2D eigenvalue weighted by Crippen LogP contribution is -2.65. The summed E-state index contributed by atoms with van der Waals surface area (Å²) in [7, 11) is 0. The molecular formula is C60H104N4O14. The van der Waals surface area contributed by atoms with Crippen LogP contribution < -0.4 is 20.7 Å². The van der Waals surface area contributed by atoms with Crippen LogP contribution >= 0.6 is 0 Å². The third-order valence-electron chi connectivity index (χ3n) is 14.5. The lowest BCUT2D eigenvalue weighted by Gasteiger charge is -2.42. The number of hydrogen-bond donors (Lipinski definition) is 6. The molecule has 6 N–H and O–H groups in total. The number of unbranched alkanes of at least 4 members (excludes halogenated alkanes) is 28. The van der Waals surface area contributed by atoms with Gasteiger partial charge in [-0.05, 0) is 37.8 Å². The average molecular weight is 1110 g/mol. The number of nitrogens with one attached hydrogen (secondary N) is 3. The van der Waals surface area contributed by atoms with E-state index in [0.29, 0.717) is 19.3 Å². The van der Waals surface area contributed by atoms with E-state index in [-0.39, 0.29) is 49.6 Å². The Morgan fingerprint density at radius 2 is 1.09 bits per heavy atom. The van der Waals surface area contributed by atoms with Crippen molar-refractivity contribution in [3.63, 3.8) is 0 Å². The maximum Gasteiger partial charge on any atom is 0.312 e. The number of carbonyl (C=O) groups is 5. The fourth-order valence-corrected chi connectivity index (χ4v) is 9.71. The third kappa shape index (κ3) is 33.4. The van der Waals surface area contributed by atoms with Crippen LogP contribution in [0.1, 0.15) is 252 Å². The molecule has 1 heterocycles. The van der Waals surface area contributed by atoms with E-state index in [1.54, 1.807) is 0 Å². The number of benzene rings is 1. The van der Waals surface area contributed by atoms with Crippen LogP contribution in [0.3, 0.4) is 0 Å². The van der Waals surface area contributed by atoms with Crippen LogP contribution in [-0.4, -0.2) is 112 Å². The van der Waals surface area contributed by atoms with Crippen LogP contribution in [0.4, 0.5) is 5.69 Å². The van der Waals surface area contributed by atoms with Crippen LogP contribution in [0.25, 0.3) is 0 Å². The van der Waals surface area contributed by atoms with Gasteiger partial charge in [0.25, 0.3) is 5.69 Å². The molecule has 0 spiro atoms. The minimum absolute atomic E-state index is 0.0747. The minimum atomic E-state index is -1.70. The topological polar surface area (TPSA) is 262 Å². The zero-order valence-electron chi connectivity index (χ0n) is 48.2. The van der Waals surface area contributed by atoms with Gasteiger partial charge in [0.05, 0.1) is 31.0 Å². The predicted octanol–water partition coefficient (Wildman–Crippen LogP) is 11.1. The smallest absolute Gasteiger partial charge is 0.312 e. The molecule has 18 heteroatoms. The van der Waals surface area contributed by atoms with Crippen molar-refractivity contribution in [2.75, 3.05) is 19.8 Å². The minimum Gasteiger partial charge on any atom is -0.462 e. The van der Waals surface area contributed by atoms with Gasteiger partial charge < -0.3 is 50.2 Å². The maximum atomic E-state index is 13.9. The fraction of sp³-hybridized carbons (Fsp3) is 0.817. The molecule has 1 aromatic rings. The van der Waals surface area contributed by atoms with Gasteiger partial charge in [-0.2, -0.15) is 0 Å². The summed E-state index contributed by atoms with van der Waals surface area (Å²) < 4.78 is 23.1. The zero-order valence-corrected chi connectivity index (χ0v) is 48.2. The largest absolute Gasteiger partial charge is 0.462 e. The molecule has 0 aromatic heterocycles. The van der Waals surface area contributed by atoms with Crippen molar-refractivity contribution < 1.29 is 63.2 Å². The molecule has 1 aliphatic rings. The second-order valence-corrected chi connectivity index (χ2v) is 21.5. The standard InChI is InChI=1S/C60H104N4O14/c1-4-7-10-13-16-19-21-24-27-30-33-36-52(66)62-50(59(72)61-43-42-55(69)76-48-40-38-47(39-41-48)64(73)74)46-75-60-56(58(71)57(70)51(45-65)78-60)63-53(67)44-49(35-32-29-26-23-18-15-12-9-6-3)77-54(68)37-34-31-28-25-22-20-17-14-11-8-5-2/h38-41,49-51,56-58,60,65,70-71H,4-37,42-46H2,1-3H3,(H,61,72)(H,62,66)(H,63,67)/t49?,50-,51+,56+,57+,58+,60+/m0/s1. The van der Waals surface area contributed by atoms with Gasteiger partial charge in [-0.1, -0.05) is 201 Å². The number of nitro groups is 1. The normalized spacial score (nSPS) is 17.9. The first kappa shape index (κ1) is 69.9. The van der Waals surface area contributed by atoms with E-state index in [0.717, 1.165) is 70.6 Å². The van der Waals surface area contributed by atoms with E-state index >= 15 is 0 Å². The summed E-state index contributed by atoms with van der Waals surface area (Å²) in [6.45, 7) is 5.14. The number of ether oxygens (including phenoxy) is 4. The first-order chi connectivity index (χ1) is 37.8. The predicted molar refractivity (Wildman–Crippen MR) is 302 cm³/mol. The number of nitro benzene ring substituents is 1. The molecule has 78 heavy (non-hydrogen) atoms. The Hall–Kier alpha value is -4.23. The summed E-state index contributed by atoms with van der Waals surface area (Å²) in [5.41, 5.74) is -0.179. The molecule has 2 rings (SSSR count). The summed E-state index contributed by atoms with van der Waals surface area (Å²) in [6, 6.07) is 2.17. The van der Waals surface area contributed by atoms with Crippen LogP contribution in [0.5, 0.6) is 5.75 Å². The van der Waals surface area contributed by atoms with Gasteiger partial charge in [-0.3, -0.25) is 34.1 Å². The molecule has 1 aliphatic heterocycles. The second-order valence-electron chi connectivity index (χ2n) is 21.5.